The number of anilines is 1. The lowest BCUT2D eigenvalue weighted by Gasteiger charge is -2.21. The topological polar surface area (TPSA) is 46.2 Å². The van der Waals surface area contributed by atoms with Crippen LogP contribution in [0.2, 0.25) is 0 Å². The number of carbonyl (C=O) groups is 2. The normalized spacial score (nSPS) is 11.1. The molecule has 0 fully saturated rings. The number of nitrogens with one attached hydrogen (secondary N) is 1. The Bertz CT molecular complexity index is 424. The molecule has 0 atom stereocenters. The standard InChI is InChI=1S/C13H16BrNO2/c1-9-4-6-10(7-5-9)15-12(17)13(2,3)11(16)8-14/h4-7H,8H2,1-3H3,(H,15,17). The van der Waals surface area contributed by atoms with Crippen molar-refractivity contribution in [1.82, 2.24) is 0 Å². The van der Waals surface area contributed by atoms with Gasteiger partial charge in [0, 0.05) is 5.69 Å². The smallest absolute Gasteiger partial charge is 0.237 e. The molecule has 17 heavy (non-hydrogen) atoms. The van der Waals surface area contributed by atoms with Crippen LogP contribution in [0.3, 0.4) is 0 Å². The molecule has 0 spiro atoms. The zero-order valence-corrected chi connectivity index (χ0v) is 11.8. The quantitative estimate of drug-likeness (QED) is 0.686. The van der Waals surface area contributed by atoms with Crippen LogP contribution in [-0.2, 0) is 9.59 Å². The van der Waals surface area contributed by atoms with E-state index in [1.54, 1.807) is 13.8 Å². The molecule has 1 N–H and O–H groups in total. The summed E-state index contributed by atoms with van der Waals surface area (Å²) in [6, 6.07) is 7.47. The molecule has 4 heteroatoms. The molecule has 0 aromatic heterocycles. The van der Waals surface area contributed by atoms with E-state index in [-0.39, 0.29) is 17.0 Å². The maximum Gasteiger partial charge on any atom is 0.237 e. The Balaban J connectivity index is 2.79. The van der Waals surface area contributed by atoms with Crippen molar-refractivity contribution in [3.63, 3.8) is 0 Å². The van der Waals surface area contributed by atoms with E-state index in [9.17, 15) is 9.59 Å². The molecule has 1 amide bonds. The second kappa shape index (κ2) is 5.45. The number of rotatable bonds is 4. The van der Waals surface area contributed by atoms with Crippen LogP contribution in [0.1, 0.15) is 19.4 Å². The molecular formula is C13H16BrNO2. The summed E-state index contributed by atoms with van der Waals surface area (Å²) in [6.45, 7) is 5.23. The van der Waals surface area contributed by atoms with Crippen LogP contribution >= 0.6 is 15.9 Å². The van der Waals surface area contributed by atoms with Crippen LogP contribution in [0.15, 0.2) is 24.3 Å². The van der Waals surface area contributed by atoms with E-state index >= 15 is 0 Å². The monoisotopic (exact) mass is 297 g/mol. The molecule has 0 saturated carbocycles. The van der Waals surface area contributed by atoms with Crippen LogP contribution < -0.4 is 5.32 Å². The van der Waals surface area contributed by atoms with E-state index in [2.05, 4.69) is 21.2 Å². The zero-order valence-electron chi connectivity index (χ0n) is 10.2. The maximum atomic E-state index is 12.0. The Labute approximate surface area is 110 Å². The van der Waals surface area contributed by atoms with Crippen molar-refractivity contribution in [2.75, 3.05) is 10.6 Å². The number of carbonyl (C=O) groups excluding carboxylic acids is 2. The van der Waals surface area contributed by atoms with Gasteiger partial charge in [-0.1, -0.05) is 33.6 Å². The number of alkyl halides is 1. The van der Waals surface area contributed by atoms with Crippen LogP contribution in [0.4, 0.5) is 5.69 Å². The number of hydrogen-bond acceptors (Lipinski definition) is 2. The third-order valence-electron chi connectivity index (χ3n) is 2.70. The highest BCUT2D eigenvalue weighted by molar-refractivity contribution is 9.09. The summed E-state index contributed by atoms with van der Waals surface area (Å²) in [5, 5.41) is 2.93. The van der Waals surface area contributed by atoms with Crippen molar-refractivity contribution in [3.8, 4) is 0 Å². The second-order valence-corrected chi connectivity index (χ2v) is 5.06. The molecule has 92 valence electrons. The Morgan fingerprint density at radius 3 is 2.24 bits per heavy atom. The molecule has 0 aliphatic heterocycles. The first-order valence-corrected chi connectivity index (χ1v) is 6.47. The summed E-state index contributed by atoms with van der Waals surface area (Å²) in [6.07, 6.45) is 0. The lowest BCUT2D eigenvalue weighted by molar-refractivity contribution is -0.135. The van der Waals surface area contributed by atoms with E-state index < -0.39 is 5.41 Å². The first-order chi connectivity index (χ1) is 7.87. The van der Waals surface area contributed by atoms with Gasteiger partial charge in [0.2, 0.25) is 5.91 Å². The molecule has 0 unspecified atom stereocenters. The average Bonchev–Trinajstić information content (AvgIpc) is 2.30. The van der Waals surface area contributed by atoms with Gasteiger partial charge >= 0.3 is 0 Å². The van der Waals surface area contributed by atoms with Gasteiger partial charge in [0.25, 0.3) is 0 Å². The van der Waals surface area contributed by atoms with Gasteiger partial charge in [0.15, 0.2) is 5.78 Å². The van der Waals surface area contributed by atoms with Gasteiger partial charge in [-0.3, -0.25) is 9.59 Å². The molecule has 0 aliphatic carbocycles. The third-order valence-corrected chi connectivity index (χ3v) is 3.20. The summed E-state index contributed by atoms with van der Waals surface area (Å²) in [5.74, 6) is -0.423. The summed E-state index contributed by atoms with van der Waals surface area (Å²) in [5.41, 5.74) is 0.809. The molecule has 0 saturated heterocycles. The van der Waals surface area contributed by atoms with Gasteiger partial charge in [-0.2, -0.15) is 0 Å². The van der Waals surface area contributed by atoms with Gasteiger partial charge in [-0.25, -0.2) is 0 Å². The molecule has 0 heterocycles. The number of benzene rings is 1. The average molecular weight is 298 g/mol. The van der Waals surface area contributed by atoms with Crippen molar-refractivity contribution >= 4 is 33.3 Å². The SMILES string of the molecule is Cc1ccc(NC(=O)C(C)(C)C(=O)CBr)cc1. The highest BCUT2D eigenvalue weighted by Gasteiger charge is 2.34. The summed E-state index contributed by atoms with van der Waals surface area (Å²) >= 11 is 3.08. The number of halogens is 1. The Hall–Kier alpha value is -1.16. The first-order valence-electron chi connectivity index (χ1n) is 5.35. The van der Waals surface area contributed by atoms with Crippen molar-refractivity contribution in [2.24, 2.45) is 5.41 Å². The number of Topliss-reactive ketones (excluding diaryl/α,β-unsaturated/α-hetero) is 1. The van der Waals surface area contributed by atoms with E-state index in [0.717, 1.165) is 5.56 Å². The van der Waals surface area contributed by atoms with Crippen molar-refractivity contribution in [2.45, 2.75) is 20.8 Å². The van der Waals surface area contributed by atoms with E-state index in [0.29, 0.717) is 5.69 Å². The predicted octanol–water partition coefficient (Wildman–Crippen LogP) is 2.92. The zero-order chi connectivity index (χ0) is 13.1. The number of aryl methyl sites for hydroxylation is 1. The van der Waals surface area contributed by atoms with Crippen molar-refractivity contribution in [1.29, 1.82) is 0 Å². The van der Waals surface area contributed by atoms with Crippen molar-refractivity contribution in [3.05, 3.63) is 29.8 Å². The maximum absolute atomic E-state index is 12.0. The molecule has 1 rings (SSSR count). The second-order valence-electron chi connectivity index (χ2n) is 4.50. The van der Waals surface area contributed by atoms with Crippen LogP contribution in [0, 0.1) is 12.3 Å². The molecule has 3 nitrogen and oxygen atoms in total. The van der Waals surface area contributed by atoms with Crippen molar-refractivity contribution < 1.29 is 9.59 Å². The fourth-order valence-corrected chi connectivity index (χ4v) is 1.92. The lowest BCUT2D eigenvalue weighted by Crippen LogP contribution is -2.38. The van der Waals surface area contributed by atoms with Crippen LogP contribution in [-0.4, -0.2) is 17.0 Å². The highest BCUT2D eigenvalue weighted by atomic mass is 79.9. The number of ketones is 1. The van der Waals surface area contributed by atoms with E-state index in [1.807, 2.05) is 31.2 Å². The molecular weight excluding hydrogens is 282 g/mol. The van der Waals surface area contributed by atoms with Gasteiger partial charge < -0.3 is 5.32 Å². The Morgan fingerprint density at radius 2 is 1.76 bits per heavy atom. The first kappa shape index (κ1) is 13.9. The Morgan fingerprint density at radius 1 is 1.24 bits per heavy atom. The fourth-order valence-electron chi connectivity index (χ4n) is 1.22. The number of amides is 1. The molecule has 1 aromatic rings. The minimum atomic E-state index is -1.02. The minimum absolute atomic E-state index is 0.137. The van der Waals surface area contributed by atoms with Crippen LogP contribution in [0.25, 0.3) is 0 Å². The summed E-state index contributed by atoms with van der Waals surface area (Å²) in [4.78, 5) is 23.6. The summed E-state index contributed by atoms with van der Waals surface area (Å²) in [7, 11) is 0. The van der Waals surface area contributed by atoms with Gasteiger partial charge in [0.1, 0.15) is 5.41 Å². The van der Waals surface area contributed by atoms with E-state index in [4.69, 9.17) is 0 Å². The van der Waals surface area contributed by atoms with E-state index in [1.165, 1.54) is 0 Å². The minimum Gasteiger partial charge on any atom is -0.325 e. The van der Waals surface area contributed by atoms with Gasteiger partial charge in [-0.05, 0) is 32.9 Å². The highest BCUT2D eigenvalue weighted by Crippen LogP contribution is 2.21. The third kappa shape index (κ3) is 3.40. The van der Waals surface area contributed by atoms with Crippen LogP contribution in [0.5, 0.6) is 0 Å². The van der Waals surface area contributed by atoms with Gasteiger partial charge in [0.05, 0.1) is 5.33 Å². The largest absolute Gasteiger partial charge is 0.325 e. The molecule has 0 bridgehead atoms. The molecule has 0 aliphatic rings. The summed E-state index contributed by atoms with van der Waals surface area (Å²) < 4.78 is 0. The fraction of sp³-hybridized carbons (Fsp3) is 0.385. The molecule has 1 aromatic carbocycles. The predicted molar refractivity (Wildman–Crippen MR) is 72.4 cm³/mol. The van der Waals surface area contributed by atoms with Gasteiger partial charge in [-0.15, -0.1) is 0 Å². The lowest BCUT2D eigenvalue weighted by atomic mass is 9.88. The molecule has 0 radical (unpaired) electrons. The Kier molecular flexibility index (Phi) is 4.46. The number of hydrogen-bond donors (Lipinski definition) is 1.